The van der Waals surface area contributed by atoms with Crippen molar-refractivity contribution in [1.29, 1.82) is 0 Å². The van der Waals surface area contributed by atoms with Crippen molar-refractivity contribution in [3.05, 3.63) is 29.3 Å². The van der Waals surface area contributed by atoms with Crippen LogP contribution in [0.3, 0.4) is 0 Å². The number of hydrogen-bond donors (Lipinski definition) is 1. The number of halogens is 2. The first kappa shape index (κ1) is 18.0. The number of nitrogens with zero attached hydrogens (tertiary/aromatic N) is 2. The van der Waals surface area contributed by atoms with Crippen LogP contribution >= 0.6 is 0 Å². The molecule has 0 heterocycles. The summed E-state index contributed by atoms with van der Waals surface area (Å²) in [6, 6.07) is 2.15. The molecule has 21 heavy (non-hydrogen) atoms. The standard InChI is InChI=1S/C13H21F2N3O2S/c1-16-9-10-7-11(14)13(15)12(8-10)21(19,20)18(4)6-5-17(2)3/h7-8,16H,5-6,9H2,1-4H3. The number of benzene rings is 1. The Morgan fingerprint density at radius 1 is 1.14 bits per heavy atom. The molecular weight excluding hydrogens is 300 g/mol. The van der Waals surface area contributed by atoms with Crippen molar-refractivity contribution in [2.45, 2.75) is 11.4 Å². The zero-order chi connectivity index (χ0) is 16.2. The van der Waals surface area contributed by atoms with Gasteiger partial charge in [-0.25, -0.2) is 17.2 Å². The largest absolute Gasteiger partial charge is 0.316 e. The fraction of sp³-hybridized carbons (Fsp3) is 0.538. The lowest BCUT2D eigenvalue weighted by Gasteiger charge is -2.20. The molecule has 0 unspecified atom stereocenters. The molecule has 1 aromatic rings. The highest BCUT2D eigenvalue weighted by atomic mass is 32.2. The monoisotopic (exact) mass is 321 g/mol. The van der Waals surface area contributed by atoms with E-state index < -0.39 is 26.6 Å². The first-order chi connectivity index (χ1) is 9.70. The quantitative estimate of drug-likeness (QED) is 0.809. The van der Waals surface area contributed by atoms with Crippen LogP contribution < -0.4 is 5.32 Å². The molecule has 1 rings (SSSR count). The van der Waals surface area contributed by atoms with Gasteiger partial charge in [0.25, 0.3) is 0 Å². The number of rotatable bonds is 7. The minimum Gasteiger partial charge on any atom is -0.316 e. The molecule has 0 saturated heterocycles. The summed E-state index contributed by atoms with van der Waals surface area (Å²) in [7, 11) is 2.52. The van der Waals surface area contributed by atoms with Gasteiger partial charge in [0.2, 0.25) is 10.0 Å². The Kier molecular flexibility index (Phi) is 6.21. The first-order valence-electron chi connectivity index (χ1n) is 6.43. The smallest absolute Gasteiger partial charge is 0.245 e. The molecule has 0 saturated carbocycles. The molecule has 0 aliphatic carbocycles. The Labute approximate surface area is 124 Å². The van der Waals surface area contributed by atoms with Crippen LogP contribution in [0.4, 0.5) is 8.78 Å². The third-order valence-corrected chi connectivity index (χ3v) is 4.84. The Hall–Kier alpha value is -1.09. The van der Waals surface area contributed by atoms with Gasteiger partial charge in [0.05, 0.1) is 0 Å². The second kappa shape index (κ2) is 7.26. The van der Waals surface area contributed by atoms with Crippen LogP contribution in [0, 0.1) is 11.6 Å². The molecule has 5 nitrogen and oxygen atoms in total. The molecule has 0 aromatic heterocycles. The van der Waals surface area contributed by atoms with Crippen LogP contribution in [0.5, 0.6) is 0 Å². The lowest BCUT2D eigenvalue weighted by atomic mass is 10.2. The van der Waals surface area contributed by atoms with E-state index in [0.29, 0.717) is 12.1 Å². The topological polar surface area (TPSA) is 52.7 Å². The van der Waals surface area contributed by atoms with Crippen LogP contribution in [0.15, 0.2) is 17.0 Å². The van der Waals surface area contributed by atoms with Gasteiger partial charge in [0.15, 0.2) is 11.6 Å². The fourth-order valence-corrected chi connectivity index (χ4v) is 3.02. The van der Waals surface area contributed by atoms with E-state index in [-0.39, 0.29) is 13.1 Å². The lowest BCUT2D eigenvalue weighted by Crippen LogP contribution is -2.34. The van der Waals surface area contributed by atoms with Crippen molar-refractivity contribution < 1.29 is 17.2 Å². The normalized spacial score (nSPS) is 12.4. The van der Waals surface area contributed by atoms with Gasteiger partial charge in [0, 0.05) is 26.7 Å². The minimum atomic E-state index is -4.06. The first-order valence-corrected chi connectivity index (χ1v) is 7.87. The van der Waals surface area contributed by atoms with E-state index >= 15 is 0 Å². The summed E-state index contributed by atoms with van der Waals surface area (Å²) in [5.74, 6) is -2.51. The second-order valence-electron chi connectivity index (χ2n) is 5.05. The van der Waals surface area contributed by atoms with E-state index in [9.17, 15) is 17.2 Å². The molecule has 0 radical (unpaired) electrons. The van der Waals surface area contributed by atoms with Crippen LogP contribution in [-0.2, 0) is 16.6 Å². The Morgan fingerprint density at radius 3 is 2.29 bits per heavy atom. The van der Waals surface area contributed by atoms with Crippen LogP contribution in [0.1, 0.15) is 5.56 Å². The molecule has 0 atom stereocenters. The predicted molar refractivity (Wildman–Crippen MR) is 77.5 cm³/mol. The molecule has 0 bridgehead atoms. The maximum absolute atomic E-state index is 13.9. The lowest BCUT2D eigenvalue weighted by molar-refractivity contribution is 0.357. The van der Waals surface area contributed by atoms with Crippen molar-refractivity contribution in [3.63, 3.8) is 0 Å². The zero-order valence-electron chi connectivity index (χ0n) is 12.7. The molecule has 0 spiro atoms. The van der Waals surface area contributed by atoms with Crippen LogP contribution in [0.2, 0.25) is 0 Å². The van der Waals surface area contributed by atoms with Crippen molar-refractivity contribution in [2.24, 2.45) is 0 Å². The van der Waals surface area contributed by atoms with Gasteiger partial charge in [-0.2, -0.15) is 4.31 Å². The molecule has 8 heteroatoms. The Balaban J connectivity index is 3.17. The van der Waals surface area contributed by atoms with E-state index in [1.165, 1.54) is 7.05 Å². The van der Waals surface area contributed by atoms with Gasteiger partial charge in [-0.1, -0.05) is 0 Å². The molecule has 0 aliphatic heterocycles. The third-order valence-electron chi connectivity index (χ3n) is 2.99. The van der Waals surface area contributed by atoms with Crippen molar-refractivity contribution in [1.82, 2.24) is 14.5 Å². The van der Waals surface area contributed by atoms with Gasteiger partial charge in [0.1, 0.15) is 4.90 Å². The van der Waals surface area contributed by atoms with Gasteiger partial charge in [-0.05, 0) is 38.8 Å². The maximum Gasteiger partial charge on any atom is 0.245 e. The molecule has 0 amide bonds. The van der Waals surface area contributed by atoms with Gasteiger partial charge < -0.3 is 10.2 Å². The summed E-state index contributed by atoms with van der Waals surface area (Å²) in [5.41, 5.74) is 0.371. The van der Waals surface area contributed by atoms with Gasteiger partial charge >= 0.3 is 0 Å². The van der Waals surface area contributed by atoms with E-state index in [1.54, 1.807) is 26.0 Å². The molecule has 120 valence electrons. The molecular formula is C13H21F2N3O2S. The molecule has 0 aliphatic rings. The van der Waals surface area contributed by atoms with Crippen molar-refractivity contribution in [2.75, 3.05) is 41.3 Å². The second-order valence-corrected chi connectivity index (χ2v) is 7.06. The highest BCUT2D eigenvalue weighted by Gasteiger charge is 2.27. The predicted octanol–water partition coefficient (Wildman–Crippen LogP) is 0.866. The van der Waals surface area contributed by atoms with E-state index in [1.807, 2.05) is 0 Å². The summed E-state index contributed by atoms with van der Waals surface area (Å²) >= 11 is 0. The molecule has 0 fully saturated rings. The van der Waals surface area contributed by atoms with Crippen molar-refractivity contribution in [3.8, 4) is 0 Å². The average Bonchev–Trinajstić information content (AvgIpc) is 2.39. The fourth-order valence-electron chi connectivity index (χ4n) is 1.74. The van der Waals surface area contributed by atoms with Gasteiger partial charge in [-0.15, -0.1) is 0 Å². The SMILES string of the molecule is CNCc1cc(F)c(F)c(S(=O)(=O)N(C)CCN(C)C)c1. The number of nitrogens with one attached hydrogen (secondary N) is 1. The van der Waals surface area contributed by atoms with E-state index in [2.05, 4.69) is 5.32 Å². The van der Waals surface area contributed by atoms with Crippen LogP contribution in [-0.4, -0.2) is 58.9 Å². The average molecular weight is 321 g/mol. The van der Waals surface area contributed by atoms with Crippen LogP contribution in [0.25, 0.3) is 0 Å². The third kappa shape index (κ3) is 4.44. The minimum absolute atomic E-state index is 0.187. The summed E-state index contributed by atoms with van der Waals surface area (Å²) in [6.07, 6.45) is 0. The number of likely N-dealkylation sites (N-methyl/N-ethyl adjacent to an activating group) is 2. The summed E-state index contributed by atoms with van der Waals surface area (Å²) in [4.78, 5) is 1.18. The Bertz CT molecular complexity index is 591. The van der Waals surface area contributed by atoms with E-state index in [4.69, 9.17) is 0 Å². The number of hydrogen-bond acceptors (Lipinski definition) is 4. The van der Waals surface area contributed by atoms with Crippen molar-refractivity contribution >= 4 is 10.0 Å². The molecule has 1 N–H and O–H groups in total. The summed E-state index contributed by atoms with van der Waals surface area (Å²) < 4.78 is 53.2. The van der Waals surface area contributed by atoms with E-state index in [0.717, 1.165) is 16.4 Å². The number of sulfonamides is 1. The zero-order valence-corrected chi connectivity index (χ0v) is 13.5. The molecule has 1 aromatic carbocycles. The van der Waals surface area contributed by atoms with Gasteiger partial charge in [-0.3, -0.25) is 0 Å². The summed E-state index contributed by atoms with van der Waals surface area (Å²) in [5, 5.41) is 2.77. The highest BCUT2D eigenvalue weighted by Crippen LogP contribution is 2.22. The summed E-state index contributed by atoms with van der Waals surface area (Å²) in [6.45, 7) is 0.920. The Morgan fingerprint density at radius 2 is 1.76 bits per heavy atom. The maximum atomic E-state index is 13.9. The highest BCUT2D eigenvalue weighted by molar-refractivity contribution is 7.89.